The molecule has 0 atom stereocenters. The third kappa shape index (κ3) is 4.31. The van der Waals surface area contributed by atoms with Crippen molar-refractivity contribution in [3.8, 4) is 0 Å². The number of aromatic nitrogens is 2. The molecule has 0 radical (unpaired) electrons. The Morgan fingerprint density at radius 1 is 1.32 bits per heavy atom. The molecule has 0 saturated heterocycles. The maximum absolute atomic E-state index is 6.18. The number of hydrogen-bond acceptors (Lipinski definition) is 4. The Morgan fingerprint density at radius 3 is 2.86 bits per heavy atom. The molecule has 118 valence electrons. The van der Waals surface area contributed by atoms with E-state index < -0.39 is 0 Å². The van der Waals surface area contributed by atoms with Crippen molar-refractivity contribution in [2.45, 2.75) is 39.2 Å². The summed E-state index contributed by atoms with van der Waals surface area (Å²) >= 11 is 6.18. The lowest BCUT2D eigenvalue weighted by Crippen LogP contribution is -2.26. The van der Waals surface area contributed by atoms with Gasteiger partial charge in [-0.1, -0.05) is 41.9 Å². The van der Waals surface area contributed by atoms with Gasteiger partial charge >= 0.3 is 0 Å². The van der Waals surface area contributed by atoms with Gasteiger partial charge in [-0.15, -0.1) is 0 Å². The quantitative estimate of drug-likeness (QED) is 0.739. The summed E-state index contributed by atoms with van der Waals surface area (Å²) in [5.41, 5.74) is 1.03. The monoisotopic (exact) mass is 319 g/mol. The first kappa shape index (κ1) is 15.5. The Labute approximate surface area is 136 Å². The van der Waals surface area contributed by atoms with Crippen LogP contribution in [0.5, 0.6) is 0 Å². The fourth-order valence-electron chi connectivity index (χ4n) is 2.65. The second-order valence-corrected chi connectivity index (χ2v) is 6.46. The Bertz CT molecular complexity index is 609. The van der Waals surface area contributed by atoms with Crippen molar-refractivity contribution in [2.24, 2.45) is 5.92 Å². The molecule has 4 nitrogen and oxygen atoms in total. The molecule has 1 aliphatic carbocycles. The van der Waals surface area contributed by atoms with Crippen molar-refractivity contribution < 1.29 is 4.52 Å². The smallest absolute Gasteiger partial charge is 0.240 e. The summed E-state index contributed by atoms with van der Waals surface area (Å²) in [6.07, 6.45) is 4.48. The Hall–Kier alpha value is -1.39. The molecule has 1 aromatic heterocycles. The van der Waals surface area contributed by atoms with Crippen LogP contribution in [0.15, 0.2) is 28.8 Å². The van der Waals surface area contributed by atoms with Gasteiger partial charge in [-0.05, 0) is 43.4 Å². The van der Waals surface area contributed by atoms with E-state index in [1.807, 2.05) is 24.3 Å². The summed E-state index contributed by atoms with van der Waals surface area (Å²) in [6, 6.07) is 7.78. The van der Waals surface area contributed by atoms with Gasteiger partial charge in [-0.2, -0.15) is 4.98 Å². The summed E-state index contributed by atoms with van der Waals surface area (Å²) < 4.78 is 5.41. The molecule has 1 fully saturated rings. The van der Waals surface area contributed by atoms with Gasteiger partial charge in [0.15, 0.2) is 5.82 Å². The minimum atomic E-state index is 0.611. The van der Waals surface area contributed by atoms with Crippen molar-refractivity contribution in [3.05, 3.63) is 46.6 Å². The topological polar surface area (TPSA) is 42.2 Å². The van der Waals surface area contributed by atoms with Crippen molar-refractivity contribution in [1.82, 2.24) is 15.0 Å². The largest absolute Gasteiger partial charge is 0.338 e. The Morgan fingerprint density at radius 2 is 2.14 bits per heavy atom. The summed E-state index contributed by atoms with van der Waals surface area (Å²) in [6.45, 7) is 5.19. The molecule has 1 aliphatic rings. The van der Waals surface area contributed by atoms with Crippen LogP contribution in [0.25, 0.3) is 0 Å². The normalized spacial score (nSPS) is 14.7. The van der Waals surface area contributed by atoms with Crippen LogP contribution in [0, 0.1) is 5.92 Å². The lowest BCUT2D eigenvalue weighted by atomic mass is 10.1. The fourth-order valence-corrected chi connectivity index (χ4v) is 2.85. The van der Waals surface area contributed by atoms with Gasteiger partial charge in [0.25, 0.3) is 0 Å². The second kappa shape index (κ2) is 7.25. The third-order valence-corrected chi connectivity index (χ3v) is 4.30. The van der Waals surface area contributed by atoms with Gasteiger partial charge in [-0.3, -0.25) is 4.90 Å². The molecular weight excluding hydrogens is 298 g/mol. The summed E-state index contributed by atoms with van der Waals surface area (Å²) in [5.74, 6) is 2.28. The number of hydrogen-bond donors (Lipinski definition) is 0. The minimum absolute atomic E-state index is 0.611. The average molecular weight is 320 g/mol. The molecule has 1 saturated carbocycles. The van der Waals surface area contributed by atoms with E-state index in [0.717, 1.165) is 42.6 Å². The molecule has 1 aromatic carbocycles. The van der Waals surface area contributed by atoms with Crippen LogP contribution in [-0.2, 0) is 13.0 Å². The Kier molecular flexibility index (Phi) is 5.11. The summed E-state index contributed by atoms with van der Waals surface area (Å²) in [7, 11) is 0. The van der Waals surface area contributed by atoms with Crippen molar-refractivity contribution >= 4 is 11.6 Å². The zero-order chi connectivity index (χ0) is 15.4. The molecular formula is C17H22ClN3O. The molecule has 3 rings (SSSR count). The summed E-state index contributed by atoms with van der Waals surface area (Å²) in [4.78, 5) is 6.94. The highest BCUT2D eigenvalue weighted by molar-refractivity contribution is 6.31. The second-order valence-electron chi connectivity index (χ2n) is 6.05. The first-order valence-electron chi connectivity index (χ1n) is 8.02. The third-order valence-electron chi connectivity index (χ3n) is 3.93. The standard InChI is InChI=1S/C17H22ClN3O/c1-2-9-21(11-13-7-8-13)12-17-19-16(20-22-17)10-14-5-3-4-6-15(14)18/h3-6,13H,2,7-12H2,1H3. The van der Waals surface area contributed by atoms with E-state index in [1.165, 1.54) is 12.8 Å². The first-order chi connectivity index (χ1) is 10.7. The fraction of sp³-hybridized carbons (Fsp3) is 0.529. The maximum Gasteiger partial charge on any atom is 0.240 e. The van der Waals surface area contributed by atoms with E-state index in [9.17, 15) is 0 Å². The molecule has 22 heavy (non-hydrogen) atoms. The molecule has 0 bridgehead atoms. The van der Waals surface area contributed by atoms with E-state index in [-0.39, 0.29) is 0 Å². The van der Waals surface area contributed by atoms with Crippen molar-refractivity contribution in [3.63, 3.8) is 0 Å². The van der Waals surface area contributed by atoms with Crippen LogP contribution < -0.4 is 0 Å². The minimum Gasteiger partial charge on any atom is -0.338 e. The van der Waals surface area contributed by atoms with Crippen LogP contribution in [0.2, 0.25) is 5.02 Å². The SMILES string of the molecule is CCCN(Cc1nc(Cc2ccccc2Cl)no1)CC1CC1. The highest BCUT2D eigenvalue weighted by Crippen LogP contribution is 2.30. The maximum atomic E-state index is 6.18. The van der Waals surface area contributed by atoms with Crippen molar-refractivity contribution in [1.29, 1.82) is 0 Å². The predicted molar refractivity (Wildman–Crippen MR) is 86.8 cm³/mol. The average Bonchev–Trinajstić information content (AvgIpc) is 3.21. The van der Waals surface area contributed by atoms with Crippen molar-refractivity contribution in [2.75, 3.05) is 13.1 Å². The van der Waals surface area contributed by atoms with E-state index in [2.05, 4.69) is 22.0 Å². The molecule has 0 unspecified atom stereocenters. The molecule has 0 aliphatic heterocycles. The lowest BCUT2D eigenvalue weighted by Gasteiger charge is -2.18. The number of benzene rings is 1. The summed E-state index contributed by atoms with van der Waals surface area (Å²) in [5, 5.41) is 4.83. The van der Waals surface area contributed by atoms with Gasteiger partial charge in [0.2, 0.25) is 5.89 Å². The number of halogens is 1. The van der Waals surface area contributed by atoms with Gasteiger partial charge in [-0.25, -0.2) is 0 Å². The van der Waals surface area contributed by atoms with E-state index in [1.54, 1.807) is 0 Å². The molecule has 0 spiro atoms. The molecule has 2 aromatic rings. The zero-order valence-corrected chi connectivity index (χ0v) is 13.7. The Balaban J connectivity index is 1.61. The van der Waals surface area contributed by atoms with Crippen LogP contribution in [0.4, 0.5) is 0 Å². The lowest BCUT2D eigenvalue weighted by molar-refractivity contribution is 0.218. The van der Waals surface area contributed by atoms with Gasteiger partial charge in [0.05, 0.1) is 6.54 Å². The predicted octanol–water partition coefficient (Wildman–Crippen LogP) is 3.94. The molecule has 0 N–H and O–H groups in total. The number of nitrogens with zero attached hydrogens (tertiary/aromatic N) is 3. The van der Waals surface area contributed by atoms with E-state index >= 15 is 0 Å². The van der Waals surface area contributed by atoms with Crippen LogP contribution in [-0.4, -0.2) is 28.1 Å². The van der Waals surface area contributed by atoms with Gasteiger partial charge < -0.3 is 4.52 Å². The van der Waals surface area contributed by atoms with E-state index in [4.69, 9.17) is 16.1 Å². The molecule has 0 amide bonds. The van der Waals surface area contributed by atoms with Crippen LogP contribution >= 0.6 is 11.6 Å². The zero-order valence-electron chi connectivity index (χ0n) is 13.0. The molecule has 5 heteroatoms. The molecule has 1 heterocycles. The number of rotatable bonds is 8. The first-order valence-corrected chi connectivity index (χ1v) is 8.39. The highest BCUT2D eigenvalue weighted by Gasteiger charge is 2.24. The van der Waals surface area contributed by atoms with Gasteiger partial charge in [0.1, 0.15) is 0 Å². The van der Waals surface area contributed by atoms with Crippen LogP contribution in [0.3, 0.4) is 0 Å². The van der Waals surface area contributed by atoms with Gasteiger partial charge in [0, 0.05) is 18.0 Å². The van der Waals surface area contributed by atoms with E-state index in [0.29, 0.717) is 18.1 Å². The highest BCUT2D eigenvalue weighted by atomic mass is 35.5. The van der Waals surface area contributed by atoms with Crippen LogP contribution in [0.1, 0.15) is 43.5 Å².